The summed E-state index contributed by atoms with van der Waals surface area (Å²) >= 11 is 0. The summed E-state index contributed by atoms with van der Waals surface area (Å²) in [7, 11) is 0. The summed E-state index contributed by atoms with van der Waals surface area (Å²) in [6.07, 6.45) is -0.301. The molecular weight excluding hydrogens is 365 g/mol. The van der Waals surface area contributed by atoms with Crippen molar-refractivity contribution in [2.75, 3.05) is 26.2 Å². The van der Waals surface area contributed by atoms with E-state index < -0.39 is 0 Å². The third-order valence-electron chi connectivity index (χ3n) is 5.33. The zero-order valence-corrected chi connectivity index (χ0v) is 15.8. The topological polar surface area (TPSA) is 79.7 Å². The summed E-state index contributed by atoms with van der Waals surface area (Å²) < 4.78 is 19.9. The van der Waals surface area contributed by atoms with Gasteiger partial charge < -0.3 is 15.0 Å². The van der Waals surface area contributed by atoms with Gasteiger partial charge in [0.15, 0.2) is 0 Å². The van der Waals surface area contributed by atoms with Crippen molar-refractivity contribution in [1.82, 2.24) is 24.9 Å². The molecular formula is C19H22FN5O3. The molecule has 8 nitrogen and oxygen atoms in total. The van der Waals surface area contributed by atoms with Crippen LogP contribution in [0.3, 0.4) is 0 Å². The fraction of sp³-hybridized carbons (Fsp3) is 0.421. The van der Waals surface area contributed by atoms with Gasteiger partial charge in [0.1, 0.15) is 12.4 Å². The molecule has 2 fully saturated rings. The lowest BCUT2D eigenvalue weighted by Gasteiger charge is -2.35. The van der Waals surface area contributed by atoms with Gasteiger partial charge in [0.25, 0.3) is 0 Å². The van der Waals surface area contributed by atoms with E-state index in [2.05, 4.69) is 10.4 Å². The maximum Gasteiger partial charge on any atom is 0.410 e. The molecule has 3 heterocycles. The van der Waals surface area contributed by atoms with E-state index in [0.29, 0.717) is 32.8 Å². The predicted octanol–water partition coefficient (Wildman–Crippen LogP) is 1.97. The number of aryl methyl sites for hydroxylation is 1. The molecule has 0 saturated carbocycles. The molecule has 0 aliphatic carbocycles. The number of piperazine rings is 1. The van der Waals surface area contributed by atoms with E-state index in [0.717, 1.165) is 22.6 Å². The molecule has 0 spiro atoms. The van der Waals surface area contributed by atoms with Crippen LogP contribution < -0.4 is 5.32 Å². The Morgan fingerprint density at radius 2 is 2.04 bits per heavy atom. The molecule has 1 aromatic carbocycles. The molecule has 0 radical (unpaired) electrons. The van der Waals surface area contributed by atoms with Gasteiger partial charge in [0.05, 0.1) is 17.4 Å². The van der Waals surface area contributed by atoms with Crippen molar-refractivity contribution >= 4 is 12.1 Å². The Labute approximate surface area is 161 Å². The second-order valence-electron chi connectivity index (χ2n) is 7.07. The molecule has 2 aliphatic rings. The number of ether oxygens (including phenoxy) is 1. The summed E-state index contributed by atoms with van der Waals surface area (Å²) in [5.41, 5.74) is 3.39. The van der Waals surface area contributed by atoms with E-state index in [1.807, 2.05) is 13.8 Å². The second-order valence-corrected chi connectivity index (χ2v) is 7.07. The largest absolute Gasteiger partial charge is 0.447 e. The summed E-state index contributed by atoms with van der Waals surface area (Å²) in [6.45, 7) is 5.90. The minimum absolute atomic E-state index is 0.0725. The van der Waals surface area contributed by atoms with Crippen LogP contribution in [0.1, 0.15) is 17.0 Å². The van der Waals surface area contributed by atoms with Crippen molar-refractivity contribution in [3.05, 3.63) is 47.0 Å². The molecule has 2 aliphatic heterocycles. The highest BCUT2D eigenvalue weighted by Crippen LogP contribution is 2.20. The lowest BCUT2D eigenvalue weighted by molar-refractivity contribution is 0.127. The van der Waals surface area contributed by atoms with Gasteiger partial charge in [-0.25, -0.2) is 18.7 Å². The lowest BCUT2D eigenvalue weighted by atomic mass is 10.2. The molecule has 9 heteroatoms. The first-order valence-corrected chi connectivity index (χ1v) is 9.21. The van der Waals surface area contributed by atoms with Gasteiger partial charge >= 0.3 is 12.1 Å². The van der Waals surface area contributed by atoms with Gasteiger partial charge in [0, 0.05) is 37.4 Å². The zero-order valence-electron chi connectivity index (χ0n) is 15.8. The Morgan fingerprint density at radius 3 is 2.79 bits per heavy atom. The molecule has 2 saturated heterocycles. The number of amides is 3. The summed E-state index contributed by atoms with van der Waals surface area (Å²) in [6, 6.07) is 5.88. The minimum Gasteiger partial charge on any atom is -0.447 e. The van der Waals surface area contributed by atoms with Crippen LogP contribution in [-0.2, 0) is 11.3 Å². The number of nitrogens with zero attached hydrogens (tertiary/aromatic N) is 4. The number of cyclic esters (lactones) is 1. The Kier molecular flexibility index (Phi) is 4.66. The van der Waals surface area contributed by atoms with Crippen molar-refractivity contribution in [2.24, 2.45) is 0 Å². The maximum atomic E-state index is 13.2. The number of nitrogens with one attached hydrogen (secondary N) is 1. The molecule has 1 N–H and O–H groups in total. The number of fused-ring (bicyclic) bond motifs is 1. The molecule has 1 atom stereocenters. The molecule has 0 unspecified atom stereocenters. The molecule has 2 aromatic rings. The summed E-state index contributed by atoms with van der Waals surface area (Å²) in [5, 5.41) is 7.47. The van der Waals surface area contributed by atoms with Crippen LogP contribution in [0.4, 0.5) is 14.0 Å². The number of carbonyl (C=O) groups excluding carboxylic acids is 2. The van der Waals surface area contributed by atoms with Crippen molar-refractivity contribution in [3.8, 4) is 5.69 Å². The number of benzene rings is 1. The summed E-state index contributed by atoms with van der Waals surface area (Å²) in [5.74, 6) is -0.299. The van der Waals surface area contributed by atoms with Gasteiger partial charge in [0.2, 0.25) is 0 Å². The number of hydrogen-bond donors (Lipinski definition) is 1. The Balaban J connectivity index is 1.42. The lowest BCUT2D eigenvalue weighted by Crippen LogP contribution is -2.55. The van der Waals surface area contributed by atoms with Gasteiger partial charge in [-0.05, 0) is 38.1 Å². The highest BCUT2D eigenvalue weighted by atomic mass is 19.1. The maximum absolute atomic E-state index is 13.2. The molecule has 0 bridgehead atoms. The normalized spacial score (nSPS) is 18.8. The quantitative estimate of drug-likeness (QED) is 0.873. The molecule has 3 amide bonds. The number of aromatic nitrogens is 2. The van der Waals surface area contributed by atoms with Crippen LogP contribution in [0.15, 0.2) is 24.3 Å². The molecule has 4 rings (SSSR count). The fourth-order valence-electron chi connectivity index (χ4n) is 3.71. The van der Waals surface area contributed by atoms with Crippen molar-refractivity contribution in [3.63, 3.8) is 0 Å². The SMILES string of the molecule is Cc1nn(-c2ccc(F)cc2)c(C)c1CNC(=O)N1CCN2C(=O)OC[C@H]2C1. The van der Waals surface area contributed by atoms with Crippen LogP contribution in [0.5, 0.6) is 0 Å². The smallest absolute Gasteiger partial charge is 0.410 e. The van der Waals surface area contributed by atoms with Crippen LogP contribution in [0.2, 0.25) is 0 Å². The number of urea groups is 1. The fourth-order valence-corrected chi connectivity index (χ4v) is 3.71. The molecule has 1 aromatic heterocycles. The third-order valence-corrected chi connectivity index (χ3v) is 5.33. The average molecular weight is 387 g/mol. The second kappa shape index (κ2) is 7.14. The van der Waals surface area contributed by atoms with Crippen molar-refractivity contribution in [1.29, 1.82) is 0 Å². The third kappa shape index (κ3) is 3.28. The summed E-state index contributed by atoms with van der Waals surface area (Å²) in [4.78, 5) is 27.5. The number of halogens is 1. The highest BCUT2D eigenvalue weighted by Gasteiger charge is 2.38. The minimum atomic E-state index is -0.301. The van der Waals surface area contributed by atoms with Crippen LogP contribution >= 0.6 is 0 Å². The van der Waals surface area contributed by atoms with Crippen molar-refractivity contribution in [2.45, 2.75) is 26.4 Å². The first kappa shape index (κ1) is 18.3. The Hall–Kier alpha value is -3.10. The number of rotatable bonds is 3. The zero-order chi connectivity index (χ0) is 19.8. The van der Waals surface area contributed by atoms with Crippen LogP contribution in [0.25, 0.3) is 5.69 Å². The molecule has 148 valence electrons. The standard InChI is InChI=1S/C19H22FN5O3/c1-12-17(13(2)25(22-12)15-5-3-14(20)4-6-15)9-21-18(26)23-7-8-24-16(10-23)11-28-19(24)27/h3-6,16H,7-11H2,1-2H3,(H,21,26)/t16-/m1/s1. The Bertz CT molecular complexity index is 911. The first-order valence-electron chi connectivity index (χ1n) is 9.21. The van der Waals surface area contributed by atoms with E-state index in [4.69, 9.17) is 4.74 Å². The van der Waals surface area contributed by atoms with Gasteiger partial charge in [-0.3, -0.25) is 4.90 Å². The predicted molar refractivity (Wildman–Crippen MR) is 98.6 cm³/mol. The Morgan fingerprint density at radius 1 is 1.29 bits per heavy atom. The van der Waals surface area contributed by atoms with E-state index in [9.17, 15) is 14.0 Å². The molecule has 28 heavy (non-hydrogen) atoms. The van der Waals surface area contributed by atoms with Crippen molar-refractivity contribution < 1.29 is 18.7 Å². The monoisotopic (exact) mass is 387 g/mol. The average Bonchev–Trinajstić information content (AvgIpc) is 3.20. The van der Waals surface area contributed by atoms with Gasteiger partial charge in [-0.2, -0.15) is 5.10 Å². The van der Waals surface area contributed by atoms with Crippen LogP contribution in [-0.4, -0.2) is 64.0 Å². The number of hydrogen-bond acceptors (Lipinski definition) is 4. The number of carbonyl (C=O) groups is 2. The van der Waals surface area contributed by atoms with Gasteiger partial charge in [-0.15, -0.1) is 0 Å². The first-order chi connectivity index (χ1) is 13.4. The van der Waals surface area contributed by atoms with E-state index >= 15 is 0 Å². The van der Waals surface area contributed by atoms with Gasteiger partial charge in [-0.1, -0.05) is 0 Å². The highest BCUT2D eigenvalue weighted by molar-refractivity contribution is 5.76. The van der Waals surface area contributed by atoms with Crippen LogP contribution in [0, 0.1) is 19.7 Å². The van der Waals surface area contributed by atoms with E-state index in [1.54, 1.807) is 26.6 Å². The van der Waals surface area contributed by atoms with E-state index in [-0.39, 0.29) is 24.0 Å². The van der Waals surface area contributed by atoms with E-state index in [1.165, 1.54) is 12.1 Å².